The summed E-state index contributed by atoms with van der Waals surface area (Å²) in [5.41, 5.74) is 1.62. The first-order valence-corrected chi connectivity index (χ1v) is 3.46. The minimum absolute atomic E-state index is 0.0283. The molecule has 1 aromatic heterocycles. The summed E-state index contributed by atoms with van der Waals surface area (Å²) in [7, 11) is 3.68. The Morgan fingerprint density at radius 1 is 1.55 bits per heavy atom. The van der Waals surface area contributed by atoms with Crippen molar-refractivity contribution in [3.05, 3.63) is 17.7 Å². The van der Waals surface area contributed by atoms with Crippen molar-refractivity contribution in [1.82, 2.24) is 14.5 Å². The Labute approximate surface area is 64.4 Å². The Morgan fingerprint density at radius 3 is 2.91 bits per heavy atom. The molecule has 58 valence electrons. The van der Waals surface area contributed by atoms with Gasteiger partial charge in [-0.05, 0) is 0 Å². The predicted octanol–water partition coefficient (Wildman–Crippen LogP) is 0.00570. The van der Waals surface area contributed by atoms with Crippen molar-refractivity contribution in [3.8, 4) is 0 Å². The summed E-state index contributed by atoms with van der Waals surface area (Å²) in [5, 5.41) is 0. The van der Waals surface area contributed by atoms with E-state index in [0.717, 1.165) is 5.69 Å². The lowest BCUT2D eigenvalue weighted by atomic mass is 10.4. The first-order chi connectivity index (χ1) is 5.20. The van der Waals surface area contributed by atoms with Gasteiger partial charge in [0.1, 0.15) is 0 Å². The predicted molar refractivity (Wildman–Crippen MR) is 39.0 cm³/mol. The number of hydrogen-bond donors (Lipinski definition) is 0. The second-order valence-corrected chi connectivity index (χ2v) is 2.81. The van der Waals surface area contributed by atoms with Gasteiger partial charge in [-0.2, -0.15) is 0 Å². The van der Waals surface area contributed by atoms with Crippen LogP contribution in [0, 0.1) is 0 Å². The van der Waals surface area contributed by atoms with Gasteiger partial charge in [-0.25, -0.2) is 4.98 Å². The highest BCUT2D eigenvalue weighted by Crippen LogP contribution is 2.18. The molecule has 0 unspecified atom stereocenters. The number of carbonyl (C=O) groups excluding carboxylic acids is 1. The van der Waals surface area contributed by atoms with E-state index in [4.69, 9.17) is 0 Å². The highest BCUT2D eigenvalue weighted by Gasteiger charge is 2.28. The summed E-state index contributed by atoms with van der Waals surface area (Å²) in [4.78, 5) is 16.9. The second-order valence-electron chi connectivity index (χ2n) is 2.81. The zero-order valence-corrected chi connectivity index (χ0v) is 6.53. The van der Waals surface area contributed by atoms with Gasteiger partial charge >= 0.3 is 0 Å². The minimum atomic E-state index is 0.0283. The Hall–Kier alpha value is -1.32. The Kier molecular flexibility index (Phi) is 1.07. The molecule has 0 fully saturated rings. The number of hydrogen-bond acceptors (Lipinski definition) is 2. The molecule has 0 saturated carbocycles. The molecule has 0 saturated heterocycles. The third kappa shape index (κ3) is 0.691. The fraction of sp³-hybridized carbons (Fsp3) is 0.429. The fourth-order valence-corrected chi connectivity index (χ4v) is 1.30. The van der Waals surface area contributed by atoms with Crippen LogP contribution in [0.5, 0.6) is 0 Å². The number of aryl methyl sites for hydroxylation is 1. The third-order valence-electron chi connectivity index (χ3n) is 2.00. The summed E-state index contributed by atoms with van der Waals surface area (Å²) in [6.45, 7) is 0.685. The smallest absolute Gasteiger partial charge is 0.274 e. The largest absolute Gasteiger partial charge is 0.335 e. The van der Waals surface area contributed by atoms with Gasteiger partial charge in [0.2, 0.25) is 0 Å². The number of imidazole rings is 1. The average Bonchev–Trinajstić information content (AvgIpc) is 2.43. The number of amides is 1. The maximum absolute atomic E-state index is 11.3. The van der Waals surface area contributed by atoms with Crippen LogP contribution in [-0.2, 0) is 13.6 Å². The van der Waals surface area contributed by atoms with Gasteiger partial charge in [0.15, 0.2) is 5.69 Å². The van der Waals surface area contributed by atoms with Crippen LogP contribution in [-0.4, -0.2) is 27.4 Å². The van der Waals surface area contributed by atoms with Crippen molar-refractivity contribution < 1.29 is 4.79 Å². The summed E-state index contributed by atoms with van der Waals surface area (Å²) < 4.78 is 1.89. The van der Waals surface area contributed by atoms with Crippen LogP contribution in [0.1, 0.15) is 16.2 Å². The molecule has 0 aromatic carbocycles. The van der Waals surface area contributed by atoms with Crippen LogP contribution in [0.15, 0.2) is 6.33 Å². The van der Waals surface area contributed by atoms with E-state index in [1.165, 1.54) is 0 Å². The van der Waals surface area contributed by atoms with E-state index in [1.54, 1.807) is 18.3 Å². The average molecular weight is 151 g/mol. The third-order valence-corrected chi connectivity index (χ3v) is 2.00. The Morgan fingerprint density at radius 2 is 2.27 bits per heavy atom. The van der Waals surface area contributed by atoms with Crippen molar-refractivity contribution in [3.63, 3.8) is 0 Å². The van der Waals surface area contributed by atoms with Gasteiger partial charge < -0.3 is 9.47 Å². The summed E-state index contributed by atoms with van der Waals surface area (Å²) in [6.07, 6.45) is 1.68. The van der Waals surface area contributed by atoms with E-state index in [0.29, 0.717) is 12.2 Å². The van der Waals surface area contributed by atoms with E-state index in [1.807, 2.05) is 11.6 Å². The minimum Gasteiger partial charge on any atom is -0.335 e. The molecular formula is C7H9N3O. The molecule has 0 aliphatic carbocycles. The SMILES string of the molecule is CN1Cc2c(ncn2C)C1=O. The summed E-state index contributed by atoms with van der Waals surface area (Å²) in [6, 6.07) is 0. The molecule has 2 heterocycles. The van der Waals surface area contributed by atoms with Gasteiger partial charge in [-0.15, -0.1) is 0 Å². The number of fused-ring (bicyclic) bond motifs is 1. The standard InChI is InChI=1S/C7H9N3O/c1-9-3-5-6(7(9)11)8-4-10(5)2/h4H,3H2,1-2H3. The highest BCUT2D eigenvalue weighted by molar-refractivity contribution is 5.95. The molecule has 1 aromatic rings. The van der Waals surface area contributed by atoms with Gasteiger partial charge in [-0.3, -0.25) is 4.79 Å². The van der Waals surface area contributed by atoms with Crippen molar-refractivity contribution >= 4 is 5.91 Å². The molecule has 4 nitrogen and oxygen atoms in total. The molecule has 4 heteroatoms. The van der Waals surface area contributed by atoms with E-state index in [2.05, 4.69) is 4.98 Å². The summed E-state index contributed by atoms with van der Waals surface area (Å²) in [5.74, 6) is 0.0283. The van der Waals surface area contributed by atoms with Gasteiger partial charge in [0, 0.05) is 14.1 Å². The number of rotatable bonds is 0. The van der Waals surface area contributed by atoms with Crippen molar-refractivity contribution in [2.45, 2.75) is 6.54 Å². The van der Waals surface area contributed by atoms with Gasteiger partial charge in [0.25, 0.3) is 5.91 Å². The van der Waals surface area contributed by atoms with Crippen molar-refractivity contribution in [1.29, 1.82) is 0 Å². The van der Waals surface area contributed by atoms with E-state index in [-0.39, 0.29) is 5.91 Å². The molecule has 1 aliphatic rings. The first-order valence-electron chi connectivity index (χ1n) is 3.46. The van der Waals surface area contributed by atoms with Crippen LogP contribution in [0.2, 0.25) is 0 Å². The van der Waals surface area contributed by atoms with Crippen molar-refractivity contribution in [2.75, 3.05) is 7.05 Å². The lowest BCUT2D eigenvalue weighted by Crippen LogP contribution is -2.18. The lowest BCUT2D eigenvalue weighted by molar-refractivity contribution is 0.0811. The molecule has 0 radical (unpaired) electrons. The molecule has 0 N–H and O–H groups in total. The molecular weight excluding hydrogens is 142 g/mol. The quantitative estimate of drug-likeness (QED) is 0.523. The molecule has 0 bridgehead atoms. The van der Waals surface area contributed by atoms with Crippen LogP contribution >= 0.6 is 0 Å². The van der Waals surface area contributed by atoms with Crippen LogP contribution < -0.4 is 0 Å². The van der Waals surface area contributed by atoms with Gasteiger partial charge in [-0.1, -0.05) is 0 Å². The van der Waals surface area contributed by atoms with Crippen LogP contribution in [0.4, 0.5) is 0 Å². The zero-order valence-electron chi connectivity index (χ0n) is 6.53. The zero-order chi connectivity index (χ0) is 8.01. The van der Waals surface area contributed by atoms with E-state index < -0.39 is 0 Å². The maximum atomic E-state index is 11.3. The Bertz CT molecular complexity index is 315. The normalized spacial score (nSPS) is 15.8. The molecule has 1 aliphatic heterocycles. The molecule has 1 amide bonds. The molecule has 2 rings (SSSR count). The van der Waals surface area contributed by atoms with Crippen LogP contribution in [0.3, 0.4) is 0 Å². The van der Waals surface area contributed by atoms with E-state index in [9.17, 15) is 4.79 Å². The fourth-order valence-electron chi connectivity index (χ4n) is 1.30. The molecule has 0 spiro atoms. The van der Waals surface area contributed by atoms with Crippen molar-refractivity contribution in [2.24, 2.45) is 7.05 Å². The first kappa shape index (κ1) is 6.39. The number of nitrogens with zero attached hydrogens (tertiary/aromatic N) is 3. The second kappa shape index (κ2) is 1.84. The van der Waals surface area contributed by atoms with E-state index >= 15 is 0 Å². The van der Waals surface area contributed by atoms with Gasteiger partial charge in [0.05, 0.1) is 18.6 Å². The molecule has 11 heavy (non-hydrogen) atoms. The highest BCUT2D eigenvalue weighted by atomic mass is 16.2. The number of carbonyl (C=O) groups is 1. The maximum Gasteiger partial charge on any atom is 0.274 e. The number of aromatic nitrogens is 2. The summed E-state index contributed by atoms with van der Waals surface area (Å²) >= 11 is 0. The van der Waals surface area contributed by atoms with Crippen LogP contribution in [0.25, 0.3) is 0 Å². The molecule has 0 atom stereocenters. The lowest BCUT2D eigenvalue weighted by Gasteiger charge is -2.05. The Balaban J connectivity index is 2.56. The topological polar surface area (TPSA) is 38.1 Å². The monoisotopic (exact) mass is 151 g/mol.